The zero-order chi connectivity index (χ0) is 17.1. The smallest absolute Gasteiger partial charge is 0.263 e. The second-order valence-corrected chi connectivity index (χ2v) is 7.46. The van der Waals surface area contributed by atoms with E-state index in [0.717, 1.165) is 35.0 Å². The third kappa shape index (κ3) is 3.69. The van der Waals surface area contributed by atoms with E-state index in [1.807, 2.05) is 26.2 Å². The molecule has 4 nitrogen and oxygen atoms in total. The van der Waals surface area contributed by atoms with E-state index >= 15 is 0 Å². The molecule has 126 valence electrons. The quantitative estimate of drug-likeness (QED) is 0.855. The van der Waals surface area contributed by atoms with Gasteiger partial charge >= 0.3 is 0 Å². The van der Waals surface area contributed by atoms with Crippen molar-refractivity contribution in [3.05, 3.63) is 33.2 Å². The van der Waals surface area contributed by atoms with Crippen molar-refractivity contribution in [1.29, 1.82) is 0 Å². The van der Waals surface area contributed by atoms with Crippen LogP contribution in [0.3, 0.4) is 0 Å². The molecule has 0 radical (unpaired) electrons. The fourth-order valence-electron chi connectivity index (χ4n) is 2.72. The van der Waals surface area contributed by atoms with Gasteiger partial charge in [0.05, 0.1) is 4.88 Å². The number of carbonyl (C=O) groups excluding carboxylic acids is 1. The van der Waals surface area contributed by atoms with Crippen LogP contribution >= 0.6 is 22.9 Å². The van der Waals surface area contributed by atoms with Gasteiger partial charge in [0.15, 0.2) is 0 Å². The standard InChI is InChI=1S/C15H17ClN2OS.C2H7N/c1-17(2)15(19)14-10-8-18(3)7-6-9-11(16)4-5-12(20-14)13(9)10;1-3-2/h4-5H,6-8H2,1-3H3;3H,1-2H3. The van der Waals surface area contributed by atoms with Crippen LogP contribution in [0.4, 0.5) is 0 Å². The van der Waals surface area contributed by atoms with Crippen LogP contribution < -0.4 is 5.32 Å². The number of hydrogen-bond donors (Lipinski definition) is 1. The van der Waals surface area contributed by atoms with E-state index in [0.29, 0.717) is 0 Å². The van der Waals surface area contributed by atoms with E-state index in [9.17, 15) is 4.79 Å². The van der Waals surface area contributed by atoms with Gasteiger partial charge in [-0.2, -0.15) is 0 Å². The maximum absolute atomic E-state index is 12.4. The van der Waals surface area contributed by atoms with Crippen molar-refractivity contribution in [2.24, 2.45) is 0 Å². The first-order valence-corrected chi connectivity index (χ1v) is 8.81. The first-order chi connectivity index (χ1) is 10.9. The fraction of sp³-hybridized carbons (Fsp3) is 0.471. The summed E-state index contributed by atoms with van der Waals surface area (Å²) in [4.78, 5) is 17.2. The molecule has 0 atom stereocenters. The molecule has 1 N–H and O–H groups in total. The Kier molecular flexibility index (Phi) is 6.03. The number of benzene rings is 1. The van der Waals surface area contributed by atoms with Gasteiger partial charge in [-0.1, -0.05) is 11.6 Å². The van der Waals surface area contributed by atoms with Gasteiger partial charge in [0.25, 0.3) is 5.91 Å². The van der Waals surface area contributed by atoms with Crippen molar-refractivity contribution in [3.8, 4) is 0 Å². The Morgan fingerprint density at radius 1 is 1.30 bits per heavy atom. The molecule has 2 aromatic rings. The first kappa shape index (κ1) is 18.2. The minimum atomic E-state index is 0.0820. The van der Waals surface area contributed by atoms with E-state index in [4.69, 9.17) is 11.6 Å². The van der Waals surface area contributed by atoms with Crippen molar-refractivity contribution >= 4 is 38.9 Å². The number of rotatable bonds is 1. The lowest BCUT2D eigenvalue weighted by Crippen LogP contribution is -2.24. The number of carbonyl (C=O) groups is 1. The lowest BCUT2D eigenvalue weighted by Gasteiger charge is -2.15. The lowest BCUT2D eigenvalue weighted by molar-refractivity contribution is 0.0830. The highest BCUT2D eigenvalue weighted by Gasteiger charge is 2.25. The zero-order valence-corrected chi connectivity index (χ0v) is 15.9. The van der Waals surface area contributed by atoms with E-state index in [-0.39, 0.29) is 5.91 Å². The van der Waals surface area contributed by atoms with Crippen molar-refractivity contribution < 1.29 is 4.79 Å². The maximum Gasteiger partial charge on any atom is 0.263 e. The third-order valence-corrected chi connectivity index (χ3v) is 5.32. The largest absolute Gasteiger partial charge is 0.344 e. The average Bonchev–Trinajstić information content (AvgIpc) is 2.74. The van der Waals surface area contributed by atoms with Crippen LogP contribution in [0.25, 0.3) is 10.1 Å². The van der Waals surface area contributed by atoms with Gasteiger partial charge < -0.3 is 15.1 Å². The van der Waals surface area contributed by atoms with Crippen molar-refractivity contribution in [2.45, 2.75) is 13.0 Å². The number of likely N-dealkylation sites (N-methyl/N-ethyl adjacent to an activating group) is 1. The zero-order valence-electron chi connectivity index (χ0n) is 14.4. The summed E-state index contributed by atoms with van der Waals surface area (Å²) < 4.78 is 1.17. The molecular weight excluding hydrogens is 330 g/mol. The maximum atomic E-state index is 12.4. The van der Waals surface area contributed by atoms with Crippen LogP contribution in [0.5, 0.6) is 0 Å². The predicted octanol–water partition coefficient (Wildman–Crippen LogP) is 3.08. The molecule has 1 aliphatic rings. The molecule has 2 heterocycles. The van der Waals surface area contributed by atoms with Crippen molar-refractivity contribution in [1.82, 2.24) is 15.1 Å². The molecule has 3 rings (SSSR count). The Hall–Kier alpha value is -1.14. The van der Waals surface area contributed by atoms with Gasteiger partial charge in [0, 0.05) is 42.3 Å². The summed E-state index contributed by atoms with van der Waals surface area (Å²) in [5.74, 6) is 0.0820. The molecule has 6 heteroatoms. The van der Waals surface area contributed by atoms with E-state index < -0.39 is 0 Å². The Bertz CT molecular complexity index is 711. The number of thiophene rings is 1. The molecular formula is C17H24ClN3OS. The number of halogens is 1. The van der Waals surface area contributed by atoms with E-state index in [1.54, 1.807) is 30.3 Å². The van der Waals surface area contributed by atoms with Crippen molar-refractivity contribution in [3.63, 3.8) is 0 Å². The highest BCUT2D eigenvalue weighted by molar-refractivity contribution is 7.21. The normalized spacial score (nSPS) is 14.2. The molecule has 0 saturated heterocycles. The summed E-state index contributed by atoms with van der Waals surface area (Å²) in [6, 6.07) is 3.99. The molecule has 0 bridgehead atoms. The van der Waals surface area contributed by atoms with Gasteiger partial charge in [-0.15, -0.1) is 11.3 Å². The van der Waals surface area contributed by atoms with Gasteiger partial charge in [0.1, 0.15) is 0 Å². The first-order valence-electron chi connectivity index (χ1n) is 7.62. The summed E-state index contributed by atoms with van der Waals surface area (Å²) in [5, 5.41) is 4.77. The third-order valence-electron chi connectivity index (χ3n) is 3.78. The van der Waals surface area contributed by atoms with Gasteiger partial charge in [-0.25, -0.2) is 0 Å². The number of hydrogen-bond acceptors (Lipinski definition) is 4. The molecule has 0 unspecified atom stereocenters. The van der Waals surface area contributed by atoms with Crippen LogP contribution in [-0.4, -0.2) is 57.5 Å². The molecule has 0 spiro atoms. The molecule has 0 saturated carbocycles. The van der Waals surface area contributed by atoms with Crippen LogP contribution in [0.15, 0.2) is 12.1 Å². The molecule has 0 fully saturated rings. The Morgan fingerprint density at radius 3 is 2.57 bits per heavy atom. The van der Waals surface area contributed by atoms with Crippen LogP contribution in [0.1, 0.15) is 20.8 Å². The monoisotopic (exact) mass is 353 g/mol. The molecule has 1 aromatic heterocycles. The second-order valence-electron chi connectivity index (χ2n) is 6.00. The Morgan fingerprint density at radius 2 is 1.96 bits per heavy atom. The fourth-order valence-corrected chi connectivity index (χ4v) is 4.24. The van der Waals surface area contributed by atoms with Gasteiger partial charge in [0.2, 0.25) is 0 Å². The molecule has 1 aliphatic heterocycles. The summed E-state index contributed by atoms with van der Waals surface area (Å²) in [6.07, 6.45) is 0.937. The average molecular weight is 354 g/mol. The number of nitrogens with one attached hydrogen (secondary N) is 1. The lowest BCUT2D eigenvalue weighted by atomic mass is 10.0. The second kappa shape index (κ2) is 7.62. The van der Waals surface area contributed by atoms with Crippen LogP contribution in [0.2, 0.25) is 5.02 Å². The summed E-state index contributed by atoms with van der Waals surface area (Å²) in [5.41, 5.74) is 2.33. The van der Waals surface area contributed by atoms with E-state index in [1.165, 1.54) is 15.6 Å². The minimum absolute atomic E-state index is 0.0820. The highest BCUT2D eigenvalue weighted by Crippen LogP contribution is 2.39. The summed E-state index contributed by atoms with van der Waals surface area (Å²) in [6.45, 7) is 1.77. The van der Waals surface area contributed by atoms with Gasteiger partial charge in [-0.3, -0.25) is 4.79 Å². The van der Waals surface area contributed by atoms with Crippen molar-refractivity contribution in [2.75, 3.05) is 41.8 Å². The minimum Gasteiger partial charge on any atom is -0.344 e. The van der Waals surface area contributed by atoms with Crippen LogP contribution in [-0.2, 0) is 13.0 Å². The molecule has 1 aromatic carbocycles. The molecule has 1 amide bonds. The highest BCUT2D eigenvalue weighted by atomic mass is 35.5. The van der Waals surface area contributed by atoms with Crippen LogP contribution in [0, 0.1) is 0 Å². The topological polar surface area (TPSA) is 35.6 Å². The number of amides is 1. The van der Waals surface area contributed by atoms with E-state index in [2.05, 4.69) is 17.3 Å². The summed E-state index contributed by atoms with van der Waals surface area (Å²) >= 11 is 7.95. The predicted molar refractivity (Wildman–Crippen MR) is 99.9 cm³/mol. The molecule has 23 heavy (non-hydrogen) atoms. The summed E-state index contributed by atoms with van der Waals surface area (Å²) in [7, 11) is 9.44. The SMILES string of the molecule is CN1CCc2c(Cl)ccc3sc(C(=O)N(C)C)c(c23)C1.CNC. The number of nitrogens with zero attached hydrogens (tertiary/aromatic N) is 2. The molecule has 0 aliphatic carbocycles. The van der Waals surface area contributed by atoms with Gasteiger partial charge in [-0.05, 0) is 50.8 Å². The Labute approximate surface area is 147 Å². The Balaban J connectivity index is 0.000000595.